The first kappa shape index (κ1) is 20.6. The van der Waals surface area contributed by atoms with Crippen LogP contribution < -0.4 is 5.32 Å². The molecule has 2 aromatic carbocycles. The number of aryl methyl sites for hydroxylation is 1. The van der Waals surface area contributed by atoms with Crippen molar-refractivity contribution in [1.82, 2.24) is 4.90 Å². The smallest absolute Gasteiger partial charge is 0.341 e. The number of carbonyl (C=O) groups is 1. The summed E-state index contributed by atoms with van der Waals surface area (Å²) in [4.78, 5) is 16.1. The van der Waals surface area contributed by atoms with Crippen molar-refractivity contribution >= 4 is 39.6 Å². The van der Waals surface area contributed by atoms with Gasteiger partial charge in [0.1, 0.15) is 10.6 Å². The van der Waals surface area contributed by atoms with Crippen molar-refractivity contribution in [1.29, 1.82) is 0 Å². The van der Waals surface area contributed by atoms with Crippen LogP contribution in [0, 0.1) is 6.92 Å². The number of hydrogen-bond acceptors (Lipinski definition) is 4. The summed E-state index contributed by atoms with van der Waals surface area (Å²) in [5, 5.41) is 4.74. The Hall–Kier alpha value is -2.70. The number of hydrogen-bond donors (Lipinski definition) is 1. The topological polar surface area (TPSA) is 41.6 Å². The highest BCUT2D eigenvalue weighted by atomic mass is 32.1. The Labute approximate surface area is 186 Å². The van der Waals surface area contributed by atoms with Gasteiger partial charge in [0.05, 0.1) is 6.61 Å². The molecule has 4 rings (SSSR count). The molecule has 1 aliphatic heterocycles. The summed E-state index contributed by atoms with van der Waals surface area (Å²) in [6.45, 7) is 5.80. The van der Waals surface area contributed by atoms with Gasteiger partial charge in [-0.15, -0.1) is 11.3 Å². The molecule has 6 heteroatoms. The van der Waals surface area contributed by atoms with Crippen LogP contribution in [0.3, 0.4) is 0 Å². The predicted octanol–water partition coefficient (Wildman–Crippen LogP) is 5.66. The standard InChI is InChI=1S/C24H24N2O2S2/c1-3-28-23(27)21-20(18-10-5-4-6-11-18)16(2)30-22(21)25-24(29)26-14-13-17-9-7-8-12-19(17)15-26/h4-12H,3,13-15H2,1-2H3,(H,25,29). The monoisotopic (exact) mass is 436 g/mol. The van der Waals surface area contributed by atoms with Crippen LogP contribution in [0.15, 0.2) is 54.6 Å². The maximum atomic E-state index is 12.9. The first-order valence-electron chi connectivity index (χ1n) is 10.1. The van der Waals surface area contributed by atoms with Gasteiger partial charge in [0.15, 0.2) is 5.11 Å². The molecule has 0 fully saturated rings. The third kappa shape index (κ3) is 4.11. The maximum Gasteiger partial charge on any atom is 0.341 e. The van der Waals surface area contributed by atoms with E-state index in [-0.39, 0.29) is 5.97 Å². The lowest BCUT2D eigenvalue weighted by atomic mass is 10.0. The zero-order valence-corrected chi connectivity index (χ0v) is 18.7. The van der Waals surface area contributed by atoms with E-state index in [1.165, 1.54) is 11.1 Å². The van der Waals surface area contributed by atoms with E-state index in [4.69, 9.17) is 17.0 Å². The van der Waals surface area contributed by atoms with Crippen LogP contribution in [-0.4, -0.2) is 29.1 Å². The van der Waals surface area contributed by atoms with E-state index in [1.807, 2.05) is 44.2 Å². The average molecular weight is 437 g/mol. The van der Waals surface area contributed by atoms with Crippen LogP contribution in [-0.2, 0) is 17.7 Å². The van der Waals surface area contributed by atoms with Crippen molar-refractivity contribution in [3.05, 3.63) is 76.2 Å². The number of anilines is 1. The molecule has 0 radical (unpaired) electrons. The van der Waals surface area contributed by atoms with Gasteiger partial charge in [0.2, 0.25) is 0 Å². The maximum absolute atomic E-state index is 12.9. The van der Waals surface area contributed by atoms with Crippen LogP contribution in [0.2, 0.25) is 0 Å². The summed E-state index contributed by atoms with van der Waals surface area (Å²) < 4.78 is 5.39. The Balaban J connectivity index is 1.64. The van der Waals surface area contributed by atoms with Gasteiger partial charge < -0.3 is 15.0 Å². The summed E-state index contributed by atoms with van der Waals surface area (Å²) >= 11 is 7.28. The highest BCUT2D eigenvalue weighted by Crippen LogP contribution is 2.40. The van der Waals surface area contributed by atoms with Crippen molar-refractivity contribution in [3.8, 4) is 11.1 Å². The summed E-state index contributed by atoms with van der Waals surface area (Å²) in [7, 11) is 0. The molecule has 0 bridgehead atoms. The minimum atomic E-state index is -0.324. The Morgan fingerprint density at radius 2 is 1.83 bits per heavy atom. The molecule has 30 heavy (non-hydrogen) atoms. The number of fused-ring (bicyclic) bond motifs is 1. The highest BCUT2D eigenvalue weighted by Gasteiger charge is 2.26. The van der Waals surface area contributed by atoms with E-state index >= 15 is 0 Å². The quantitative estimate of drug-likeness (QED) is 0.422. The minimum absolute atomic E-state index is 0.324. The average Bonchev–Trinajstić information content (AvgIpc) is 3.09. The number of benzene rings is 2. The fraction of sp³-hybridized carbons (Fsp3) is 0.250. The van der Waals surface area contributed by atoms with E-state index in [1.54, 1.807) is 11.3 Å². The number of carbonyl (C=O) groups excluding carboxylic acids is 1. The molecular weight excluding hydrogens is 412 g/mol. The third-order valence-electron chi connectivity index (χ3n) is 5.26. The largest absolute Gasteiger partial charge is 0.462 e. The van der Waals surface area contributed by atoms with Gasteiger partial charge in [-0.2, -0.15) is 0 Å². The van der Waals surface area contributed by atoms with Crippen molar-refractivity contribution < 1.29 is 9.53 Å². The molecule has 0 amide bonds. The SMILES string of the molecule is CCOC(=O)c1c(NC(=S)N2CCc3ccccc3C2)sc(C)c1-c1ccccc1. The van der Waals surface area contributed by atoms with Crippen molar-refractivity contribution in [2.75, 3.05) is 18.5 Å². The lowest BCUT2D eigenvalue weighted by Gasteiger charge is -2.31. The minimum Gasteiger partial charge on any atom is -0.462 e. The summed E-state index contributed by atoms with van der Waals surface area (Å²) in [5.74, 6) is -0.324. The Morgan fingerprint density at radius 1 is 1.13 bits per heavy atom. The number of rotatable bonds is 4. The second kappa shape index (κ2) is 8.98. The number of nitrogens with zero attached hydrogens (tertiary/aromatic N) is 1. The Morgan fingerprint density at radius 3 is 2.57 bits per heavy atom. The van der Waals surface area contributed by atoms with Crippen molar-refractivity contribution in [3.63, 3.8) is 0 Å². The van der Waals surface area contributed by atoms with Crippen molar-refractivity contribution in [2.45, 2.75) is 26.8 Å². The molecule has 3 aromatic rings. The van der Waals surface area contributed by atoms with Crippen LogP contribution >= 0.6 is 23.6 Å². The fourth-order valence-corrected chi connectivity index (χ4v) is 5.21. The highest BCUT2D eigenvalue weighted by molar-refractivity contribution is 7.80. The van der Waals surface area contributed by atoms with Gasteiger partial charge in [-0.1, -0.05) is 54.6 Å². The normalized spacial score (nSPS) is 12.9. The molecule has 0 atom stereocenters. The Kier molecular flexibility index (Phi) is 6.16. The van der Waals surface area contributed by atoms with Crippen LogP contribution in [0.4, 0.5) is 5.00 Å². The van der Waals surface area contributed by atoms with Crippen molar-refractivity contribution in [2.24, 2.45) is 0 Å². The third-order valence-corrected chi connectivity index (χ3v) is 6.65. The second-order valence-electron chi connectivity index (χ2n) is 7.19. The molecule has 1 aromatic heterocycles. The van der Waals surface area contributed by atoms with E-state index in [0.29, 0.717) is 17.3 Å². The number of thiocarbonyl (C=S) groups is 1. The van der Waals surface area contributed by atoms with Gasteiger partial charge >= 0.3 is 5.97 Å². The number of esters is 1. The molecule has 1 N–H and O–H groups in total. The molecule has 2 heterocycles. The molecule has 0 spiro atoms. The number of ether oxygens (including phenoxy) is 1. The van der Waals surface area contributed by atoms with E-state index in [0.717, 1.165) is 40.5 Å². The lowest BCUT2D eigenvalue weighted by molar-refractivity contribution is 0.0529. The van der Waals surface area contributed by atoms with E-state index in [2.05, 4.69) is 34.5 Å². The molecule has 154 valence electrons. The van der Waals surface area contributed by atoms with Gasteiger partial charge in [-0.3, -0.25) is 0 Å². The van der Waals surface area contributed by atoms with Gasteiger partial charge in [-0.05, 0) is 49.2 Å². The zero-order chi connectivity index (χ0) is 21.1. The fourth-order valence-electron chi connectivity index (χ4n) is 3.83. The number of thiophene rings is 1. The molecule has 0 aliphatic carbocycles. The molecule has 0 saturated heterocycles. The first-order chi connectivity index (χ1) is 14.6. The first-order valence-corrected chi connectivity index (χ1v) is 11.3. The van der Waals surface area contributed by atoms with Crippen LogP contribution in [0.5, 0.6) is 0 Å². The molecule has 4 nitrogen and oxygen atoms in total. The van der Waals surface area contributed by atoms with E-state index < -0.39 is 0 Å². The second-order valence-corrected chi connectivity index (χ2v) is 8.81. The predicted molar refractivity (Wildman–Crippen MR) is 127 cm³/mol. The lowest BCUT2D eigenvalue weighted by Crippen LogP contribution is -2.38. The summed E-state index contributed by atoms with van der Waals surface area (Å²) in [6.07, 6.45) is 0.960. The Bertz CT molecular complexity index is 1080. The summed E-state index contributed by atoms with van der Waals surface area (Å²) in [5.41, 5.74) is 5.15. The van der Waals surface area contributed by atoms with E-state index in [9.17, 15) is 4.79 Å². The molecular formula is C24H24N2O2S2. The summed E-state index contributed by atoms with van der Waals surface area (Å²) in [6, 6.07) is 18.4. The zero-order valence-electron chi connectivity index (χ0n) is 17.1. The molecule has 1 aliphatic rings. The van der Waals surface area contributed by atoms with Crippen LogP contribution in [0.25, 0.3) is 11.1 Å². The molecule has 0 unspecified atom stereocenters. The van der Waals surface area contributed by atoms with Gasteiger partial charge in [0, 0.05) is 23.5 Å². The number of nitrogens with one attached hydrogen (secondary N) is 1. The molecule has 0 saturated carbocycles. The van der Waals surface area contributed by atoms with Gasteiger partial charge in [-0.25, -0.2) is 4.79 Å². The van der Waals surface area contributed by atoms with Crippen LogP contribution in [0.1, 0.15) is 33.3 Å². The van der Waals surface area contributed by atoms with Gasteiger partial charge in [0.25, 0.3) is 0 Å².